The van der Waals surface area contributed by atoms with Gasteiger partial charge in [-0.3, -0.25) is 0 Å². The summed E-state index contributed by atoms with van der Waals surface area (Å²) in [5.41, 5.74) is 0. The van der Waals surface area contributed by atoms with Gasteiger partial charge in [0.25, 0.3) is 0 Å². The first-order chi connectivity index (χ1) is 4.27. The second-order valence-corrected chi connectivity index (χ2v) is 2.96. The average Bonchev–Trinajstić information content (AvgIpc) is 2.54. The number of ether oxygens (including phenoxy) is 2. The van der Waals surface area contributed by atoms with Crippen LogP contribution in [0.2, 0.25) is 0 Å². The summed E-state index contributed by atoms with van der Waals surface area (Å²) < 4.78 is 10.7. The Kier molecular flexibility index (Phi) is 0.945. The van der Waals surface area contributed by atoms with Crippen LogP contribution in [0.4, 0.5) is 0 Å². The normalized spacial score (nSPS) is 48.0. The van der Waals surface area contributed by atoms with E-state index in [9.17, 15) is 0 Å². The van der Waals surface area contributed by atoms with Crippen molar-refractivity contribution in [3.8, 4) is 0 Å². The molecule has 2 rings (SSSR count). The van der Waals surface area contributed by atoms with Crippen molar-refractivity contribution in [1.29, 1.82) is 0 Å². The van der Waals surface area contributed by atoms with E-state index in [4.69, 9.17) is 9.47 Å². The van der Waals surface area contributed by atoms with E-state index in [2.05, 4.69) is 13.8 Å². The Morgan fingerprint density at radius 3 is 2.78 bits per heavy atom. The Morgan fingerprint density at radius 2 is 2.44 bits per heavy atom. The molecule has 2 heteroatoms. The van der Waals surface area contributed by atoms with Crippen molar-refractivity contribution in [3.63, 3.8) is 0 Å². The van der Waals surface area contributed by atoms with Crippen LogP contribution < -0.4 is 0 Å². The van der Waals surface area contributed by atoms with Crippen LogP contribution in [-0.2, 0) is 9.47 Å². The van der Waals surface area contributed by atoms with E-state index in [0.717, 1.165) is 12.8 Å². The van der Waals surface area contributed by atoms with Crippen molar-refractivity contribution in [2.75, 3.05) is 0 Å². The molecule has 0 bridgehead atoms. The van der Waals surface area contributed by atoms with Crippen LogP contribution >= 0.6 is 0 Å². The monoisotopic (exact) mass is 128 g/mol. The Hall–Kier alpha value is -0.0800. The van der Waals surface area contributed by atoms with Gasteiger partial charge < -0.3 is 9.47 Å². The number of fused-ring (bicyclic) bond motifs is 1. The highest BCUT2D eigenvalue weighted by molar-refractivity contribution is 5.14. The van der Waals surface area contributed by atoms with E-state index in [0.29, 0.717) is 12.2 Å². The molecule has 1 heterocycles. The number of rotatable bonds is 3. The van der Waals surface area contributed by atoms with Crippen molar-refractivity contribution < 1.29 is 9.47 Å². The van der Waals surface area contributed by atoms with Gasteiger partial charge in [-0.2, -0.15) is 0 Å². The van der Waals surface area contributed by atoms with Crippen LogP contribution in [-0.4, -0.2) is 18.0 Å². The van der Waals surface area contributed by atoms with E-state index in [1.165, 1.54) is 0 Å². The molecule has 0 aromatic rings. The first-order valence-corrected chi connectivity index (χ1v) is 3.62. The predicted molar refractivity (Wildman–Crippen MR) is 33.1 cm³/mol. The minimum Gasteiger partial charge on any atom is -0.344 e. The Labute approximate surface area is 55.1 Å². The van der Waals surface area contributed by atoms with Gasteiger partial charge >= 0.3 is 0 Å². The summed E-state index contributed by atoms with van der Waals surface area (Å²) in [5.74, 6) is -0.0601. The average molecular weight is 128 g/mol. The van der Waals surface area contributed by atoms with Crippen molar-refractivity contribution in [3.05, 3.63) is 0 Å². The zero-order chi connectivity index (χ0) is 6.48. The van der Waals surface area contributed by atoms with Gasteiger partial charge in [-0.25, -0.2) is 0 Å². The van der Waals surface area contributed by atoms with Crippen molar-refractivity contribution in [1.82, 2.24) is 0 Å². The SMILES string of the molecule is CCC(C)OC12CC1O2. The summed E-state index contributed by atoms with van der Waals surface area (Å²) in [4.78, 5) is 0. The van der Waals surface area contributed by atoms with Gasteiger partial charge in [0, 0.05) is 6.42 Å². The fourth-order valence-electron chi connectivity index (χ4n) is 0.972. The second-order valence-electron chi connectivity index (χ2n) is 2.96. The van der Waals surface area contributed by atoms with Gasteiger partial charge in [-0.1, -0.05) is 6.92 Å². The zero-order valence-electron chi connectivity index (χ0n) is 5.89. The van der Waals surface area contributed by atoms with Crippen LogP contribution in [0.15, 0.2) is 0 Å². The van der Waals surface area contributed by atoms with E-state index in [-0.39, 0.29) is 5.79 Å². The molecule has 3 unspecified atom stereocenters. The van der Waals surface area contributed by atoms with Crippen molar-refractivity contribution in [2.45, 2.75) is 44.7 Å². The highest BCUT2D eigenvalue weighted by atomic mass is 16.8. The molecule has 2 aliphatic rings. The summed E-state index contributed by atoms with van der Waals surface area (Å²) >= 11 is 0. The minimum absolute atomic E-state index is 0.0601. The molecule has 9 heavy (non-hydrogen) atoms. The first-order valence-electron chi connectivity index (χ1n) is 3.62. The molecule has 3 atom stereocenters. The van der Waals surface area contributed by atoms with Gasteiger partial charge in [-0.15, -0.1) is 0 Å². The molecule has 0 aromatic heterocycles. The molecule has 2 fully saturated rings. The summed E-state index contributed by atoms with van der Waals surface area (Å²) in [5, 5.41) is 0. The van der Waals surface area contributed by atoms with Gasteiger partial charge in [0.1, 0.15) is 6.10 Å². The lowest BCUT2D eigenvalue weighted by molar-refractivity contribution is -0.0779. The van der Waals surface area contributed by atoms with E-state index in [1.807, 2.05) is 0 Å². The Morgan fingerprint density at radius 1 is 1.89 bits per heavy atom. The molecular formula is C7H12O2. The molecule has 0 amide bonds. The van der Waals surface area contributed by atoms with Crippen LogP contribution in [0, 0.1) is 0 Å². The van der Waals surface area contributed by atoms with Crippen molar-refractivity contribution in [2.24, 2.45) is 0 Å². The highest BCUT2D eigenvalue weighted by Crippen LogP contribution is 2.61. The van der Waals surface area contributed by atoms with E-state index < -0.39 is 0 Å². The summed E-state index contributed by atoms with van der Waals surface area (Å²) in [6, 6.07) is 0. The van der Waals surface area contributed by atoms with Gasteiger partial charge in [0.15, 0.2) is 5.79 Å². The highest BCUT2D eigenvalue weighted by Gasteiger charge is 2.75. The van der Waals surface area contributed by atoms with Gasteiger partial charge in [-0.05, 0) is 13.3 Å². The largest absolute Gasteiger partial charge is 0.344 e. The maximum Gasteiger partial charge on any atom is 0.198 e. The molecule has 1 aliphatic heterocycles. The van der Waals surface area contributed by atoms with E-state index >= 15 is 0 Å². The second kappa shape index (κ2) is 1.50. The molecule has 1 saturated carbocycles. The molecule has 1 aliphatic carbocycles. The fraction of sp³-hybridized carbons (Fsp3) is 1.00. The van der Waals surface area contributed by atoms with Crippen LogP contribution in [0.25, 0.3) is 0 Å². The van der Waals surface area contributed by atoms with Crippen LogP contribution in [0.1, 0.15) is 26.7 Å². The minimum atomic E-state index is -0.0601. The third-order valence-corrected chi connectivity index (χ3v) is 2.06. The Balaban J connectivity index is 1.77. The summed E-state index contributed by atoms with van der Waals surface area (Å²) in [6.45, 7) is 4.22. The predicted octanol–water partition coefficient (Wildman–Crippen LogP) is 1.30. The molecule has 1 saturated heterocycles. The number of epoxide rings is 1. The summed E-state index contributed by atoms with van der Waals surface area (Å²) in [7, 11) is 0. The van der Waals surface area contributed by atoms with E-state index in [1.54, 1.807) is 0 Å². The third kappa shape index (κ3) is 0.775. The van der Waals surface area contributed by atoms with Crippen LogP contribution in [0.5, 0.6) is 0 Å². The van der Waals surface area contributed by atoms with Gasteiger partial charge in [0.2, 0.25) is 0 Å². The molecule has 0 N–H and O–H groups in total. The lowest BCUT2D eigenvalue weighted by Gasteiger charge is -2.10. The maximum absolute atomic E-state index is 5.55. The number of hydrogen-bond acceptors (Lipinski definition) is 2. The van der Waals surface area contributed by atoms with Crippen molar-refractivity contribution >= 4 is 0 Å². The standard InChI is InChI=1S/C7H12O2/c1-3-5(2)8-7-4-6(7)9-7/h5-6H,3-4H2,1-2H3. The van der Waals surface area contributed by atoms with Crippen LogP contribution in [0.3, 0.4) is 0 Å². The molecule has 2 nitrogen and oxygen atoms in total. The molecule has 0 radical (unpaired) electrons. The lowest BCUT2D eigenvalue weighted by Crippen LogP contribution is -2.13. The topological polar surface area (TPSA) is 21.8 Å². The Bertz CT molecular complexity index is 127. The molecule has 0 spiro atoms. The summed E-state index contributed by atoms with van der Waals surface area (Å²) in [6.07, 6.45) is 3.07. The molecule has 52 valence electrons. The molecule has 0 aromatic carbocycles. The molecular weight excluding hydrogens is 116 g/mol. The quantitative estimate of drug-likeness (QED) is 0.534. The zero-order valence-corrected chi connectivity index (χ0v) is 5.89. The lowest BCUT2D eigenvalue weighted by atomic mass is 10.3. The van der Waals surface area contributed by atoms with Gasteiger partial charge in [0.05, 0.1) is 6.10 Å². The maximum atomic E-state index is 5.55. The third-order valence-electron chi connectivity index (χ3n) is 2.06. The smallest absolute Gasteiger partial charge is 0.198 e. The fourth-order valence-corrected chi connectivity index (χ4v) is 0.972. The first kappa shape index (κ1) is 5.69. The number of hydrogen-bond donors (Lipinski definition) is 0.